The van der Waals surface area contributed by atoms with Gasteiger partial charge in [-0.15, -0.1) is 0 Å². The number of fused-ring (bicyclic) bond motifs is 1. The van der Waals surface area contributed by atoms with Crippen LogP contribution in [0.2, 0.25) is 0 Å². The molecule has 0 amide bonds. The van der Waals surface area contributed by atoms with Gasteiger partial charge in [0.15, 0.2) is 0 Å². The Kier molecular flexibility index (Phi) is 4.44. The van der Waals surface area contributed by atoms with Crippen LogP contribution in [0.5, 0.6) is 5.75 Å². The van der Waals surface area contributed by atoms with E-state index in [1.54, 1.807) is 6.92 Å². The Morgan fingerprint density at radius 3 is 2.86 bits per heavy atom. The standard InChI is InChI=1S/C18H27NO3/c1-13(2)19-9-10-21-17(12-19)18(3,20)22-16-8-7-14-5-4-6-15(14)11-16/h7-8,11,13,17,20H,4-6,9-10,12H2,1-3H3. The van der Waals surface area contributed by atoms with Crippen molar-refractivity contribution in [2.75, 3.05) is 19.7 Å². The second-order valence-electron chi connectivity index (χ2n) is 6.89. The number of morpholine rings is 1. The first-order valence-corrected chi connectivity index (χ1v) is 8.34. The molecule has 2 atom stereocenters. The van der Waals surface area contributed by atoms with E-state index < -0.39 is 5.79 Å². The molecular weight excluding hydrogens is 278 g/mol. The normalized spacial score (nSPS) is 25.0. The highest BCUT2D eigenvalue weighted by atomic mass is 16.7. The molecule has 1 aliphatic heterocycles. The minimum atomic E-state index is -1.32. The summed E-state index contributed by atoms with van der Waals surface area (Å²) < 4.78 is 11.7. The lowest BCUT2D eigenvalue weighted by atomic mass is 10.1. The fourth-order valence-electron chi connectivity index (χ4n) is 3.38. The Bertz CT molecular complexity index is 527. The lowest BCUT2D eigenvalue weighted by Crippen LogP contribution is -2.57. The van der Waals surface area contributed by atoms with E-state index in [9.17, 15) is 5.11 Å². The number of hydrogen-bond acceptors (Lipinski definition) is 4. The van der Waals surface area contributed by atoms with E-state index in [0.29, 0.717) is 19.2 Å². The third-order valence-corrected chi connectivity index (χ3v) is 4.82. The number of nitrogens with zero attached hydrogens (tertiary/aromatic N) is 1. The summed E-state index contributed by atoms with van der Waals surface area (Å²) >= 11 is 0. The van der Waals surface area contributed by atoms with E-state index >= 15 is 0 Å². The molecule has 1 fully saturated rings. The van der Waals surface area contributed by atoms with Crippen LogP contribution >= 0.6 is 0 Å². The average Bonchev–Trinajstić information content (AvgIpc) is 2.94. The van der Waals surface area contributed by atoms with Crippen LogP contribution in [0.25, 0.3) is 0 Å². The molecule has 3 rings (SSSR count). The first kappa shape index (κ1) is 15.8. The van der Waals surface area contributed by atoms with Gasteiger partial charge in [0.05, 0.1) is 6.61 Å². The highest BCUT2D eigenvalue weighted by Crippen LogP contribution is 2.29. The fraction of sp³-hybridized carbons (Fsp3) is 0.667. The third-order valence-electron chi connectivity index (χ3n) is 4.82. The number of hydrogen-bond donors (Lipinski definition) is 1. The molecule has 1 aliphatic carbocycles. The van der Waals surface area contributed by atoms with E-state index in [0.717, 1.165) is 25.1 Å². The first-order chi connectivity index (χ1) is 10.5. The van der Waals surface area contributed by atoms with Crippen LogP contribution in [0.1, 0.15) is 38.3 Å². The van der Waals surface area contributed by atoms with Gasteiger partial charge in [0.25, 0.3) is 0 Å². The summed E-state index contributed by atoms with van der Waals surface area (Å²) in [6.45, 7) is 8.26. The molecule has 0 radical (unpaired) electrons. The number of aryl methyl sites for hydroxylation is 2. The van der Waals surface area contributed by atoms with Crippen LogP contribution < -0.4 is 4.74 Å². The van der Waals surface area contributed by atoms with Gasteiger partial charge in [0.2, 0.25) is 5.79 Å². The van der Waals surface area contributed by atoms with Crippen molar-refractivity contribution in [3.8, 4) is 5.75 Å². The van der Waals surface area contributed by atoms with Gasteiger partial charge in [-0.2, -0.15) is 0 Å². The van der Waals surface area contributed by atoms with E-state index in [1.807, 2.05) is 6.07 Å². The smallest absolute Gasteiger partial charge is 0.232 e. The monoisotopic (exact) mass is 305 g/mol. The Balaban J connectivity index is 1.70. The van der Waals surface area contributed by atoms with Crippen molar-refractivity contribution in [1.82, 2.24) is 4.90 Å². The van der Waals surface area contributed by atoms with Crippen LogP contribution in [-0.4, -0.2) is 47.6 Å². The van der Waals surface area contributed by atoms with Crippen LogP contribution in [0.4, 0.5) is 0 Å². The summed E-state index contributed by atoms with van der Waals surface area (Å²) in [5, 5.41) is 10.8. The van der Waals surface area contributed by atoms with Gasteiger partial charge in [0.1, 0.15) is 11.9 Å². The Morgan fingerprint density at radius 2 is 2.09 bits per heavy atom. The van der Waals surface area contributed by atoms with Gasteiger partial charge in [-0.1, -0.05) is 6.07 Å². The van der Waals surface area contributed by atoms with Crippen molar-refractivity contribution < 1.29 is 14.6 Å². The lowest BCUT2D eigenvalue weighted by molar-refractivity contribution is -0.227. The zero-order chi connectivity index (χ0) is 15.7. The van der Waals surface area contributed by atoms with Gasteiger partial charge in [-0.05, 0) is 56.4 Å². The van der Waals surface area contributed by atoms with Crippen LogP contribution in [-0.2, 0) is 17.6 Å². The van der Waals surface area contributed by atoms with Crippen molar-refractivity contribution in [3.05, 3.63) is 29.3 Å². The van der Waals surface area contributed by atoms with Crippen LogP contribution in [0.15, 0.2) is 18.2 Å². The molecule has 0 bridgehead atoms. The van der Waals surface area contributed by atoms with Gasteiger partial charge in [-0.3, -0.25) is 4.90 Å². The molecule has 1 aromatic rings. The average molecular weight is 305 g/mol. The largest absolute Gasteiger partial charge is 0.460 e. The van der Waals surface area contributed by atoms with E-state index in [1.165, 1.54) is 17.5 Å². The molecule has 2 aliphatic rings. The predicted octanol–water partition coefficient (Wildman–Crippen LogP) is 2.37. The topological polar surface area (TPSA) is 41.9 Å². The number of aliphatic hydroxyl groups is 1. The molecule has 0 aromatic heterocycles. The zero-order valence-corrected chi connectivity index (χ0v) is 13.8. The molecule has 4 heteroatoms. The van der Waals surface area contributed by atoms with Crippen molar-refractivity contribution in [2.45, 2.75) is 58.0 Å². The molecular formula is C18H27NO3. The van der Waals surface area contributed by atoms with Crippen molar-refractivity contribution in [1.29, 1.82) is 0 Å². The van der Waals surface area contributed by atoms with Crippen LogP contribution in [0.3, 0.4) is 0 Å². The molecule has 1 aromatic carbocycles. The highest BCUT2D eigenvalue weighted by Gasteiger charge is 2.39. The van der Waals surface area contributed by atoms with E-state index in [-0.39, 0.29) is 6.10 Å². The van der Waals surface area contributed by atoms with Crippen molar-refractivity contribution in [2.24, 2.45) is 0 Å². The molecule has 0 spiro atoms. The Labute approximate surface area is 133 Å². The van der Waals surface area contributed by atoms with Gasteiger partial charge >= 0.3 is 0 Å². The summed E-state index contributed by atoms with van der Waals surface area (Å²) in [4.78, 5) is 2.31. The maximum atomic E-state index is 10.8. The number of ether oxygens (including phenoxy) is 2. The summed E-state index contributed by atoms with van der Waals surface area (Å²) in [5.74, 6) is -0.587. The minimum Gasteiger partial charge on any atom is -0.460 e. The second-order valence-corrected chi connectivity index (χ2v) is 6.89. The minimum absolute atomic E-state index is 0.336. The predicted molar refractivity (Wildman–Crippen MR) is 86.2 cm³/mol. The zero-order valence-electron chi connectivity index (χ0n) is 13.8. The Morgan fingerprint density at radius 1 is 1.32 bits per heavy atom. The molecule has 1 heterocycles. The van der Waals surface area contributed by atoms with Crippen molar-refractivity contribution >= 4 is 0 Å². The SMILES string of the molecule is CC(C)N1CCOC(C(C)(O)Oc2ccc3c(c2)CCC3)C1. The van der Waals surface area contributed by atoms with E-state index in [2.05, 4.69) is 30.9 Å². The molecule has 2 unspecified atom stereocenters. The quantitative estimate of drug-likeness (QED) is 0.867. The summed E-state index contributed by atoms with van der Waals surface area (Å²) in [6.07, 6.45) is 3.14. The molecule has 22 heavy (non-hydrogen) atoms. The number of rotatable bonds is 4. The maximum Gasteiger partial charge on any atom is 0.232 e. The molecule has 122 valence electrons. The first-order valence-electron chi connectivity index (χ1n) is 8.34. The summed E-state index contributed by atoms with van der Waals surface area (Å²) in [5.41, 5.74) is 2.76. The van der Waals surface area contributed by atoms with Gasteiger partial charge in [0, 0.05) is 26.1 Å². The van der Waals surface area contributed by atoms with Gasteiger partial charge < -0.3 is 14.6 Å². The summed E-state index contributed by atoms with van der Waals surface area (Å²) in [6, 6.07) is 6.60. The summed E-state index contributed by atoms with van der Waals surface area (Å²) in [7, 11) is 0. The van der Waals surface area contributed by atoms with Gasteiger partial charge in [-0.25, -0.2) is 0 Å². The fourth-order valence-corrected chi connectivity index (χ4v) is 3.38. The van der Waals surface area contributed by atoms with Crippen LogP contribution in [0, 0.1) is 0 Å². The third kappa shape index (κ3) is 3.29. The lowest BCUT2D eigenvalue weighted by Gasteiger charge is -2.41. The molecule has 1 saturated heterocycles. The Hall–Kier alpha value is -1.10. The highest BCUT2D eigenvalue weighted by molar-refractivity contribution is 5.38. The molecule has 4 nitrogen and oxygen atoms in total. The maximum absolute atomic E-state index is 10.8. The molecule has 0 saturated carbocycles. The van der Waals surface area contributed by atoms with Crippen molar-refractivity contribution in [3.63, 3.8) is 0 Å². The van der Waals surface area contributed by atoms with E-state index in [4.69, 9.17) is 9.47 Å². The molecule has 1 N–H and O–H groups in total. The number of benzene rings is 1. The second kappa shape index (κ2) is 6.19.